The third-order valence-electron chi connectivity index (χ3n) is 4.10. The second-order valence-electron chi connectivity index (χ2n) is 5.35. The Balaban J connectivity index is 1.85. The van der Waals surface area contributed by atoms with Crippen molar-refractivity contribution in [3.63, 3.8) is 0 Å². The van der Waals surface area contributed by atoms with Gasteiger partial charge in [-0.25, -0.2) is 0 Å². The molecule has 0 aliphatic carbocycles. The Labute approximate surface area is 123 Å². The first-order chi connectivity index (χ1) is 10.3. The van der Waals surface area contributed by atoms with Gasteiger partial charge in [-0.15, -0.1) is 0 Å². The van der Waals surface area contributed by atoms with Crippen molar-refractivity contribution in [1.82, 2.24) is 0 Å². The maximum absolute atomic E-state index is 12.3. The summed E-state index contributed by atoms with van der Waals surface area (Å²) >= 11 is 0. The normalized spacial score (nSPS) is 17.3. The van der Waals surface area contributed by atoms with Crippen LogP contribution in [0.4, 0.5) is 0 Å². The molecule has 4 rings (SSSR count). The monoisotopic (exact) mass is 274 g/mol. The van der Waals surface area contributed by atoms with Crippen molar-refractivity contribution in [1.29, 1.82) is 0 Å². The minimum absolute atomic E-state index is 0.163. The van der Waals surface area contributed by atoms with Crippen molar-refractivity contribution >= 4 is 16.7 Å². The van der Waals surface area contributed by atoms with Crippen LogP contribution in [-0.4, -0.2) is 5.97 Å². The molecular formula is C19H14O2. The molecule has 2 heteroatoms. The van der Waals surface area contributed by atoms with Crippen LogP contribution < -0.4 is 4.74 Å². The first-order valence-electron chi connectivity index (χ1n) is 7.10. The summed E-state index contributed by atoms with van der Waals surface area (Å²) in [6.45, 7) is 0. The standard InChI is InChI=1S/C19H14O2/c20-19-16(13-6-2-1-3-7-13)12-17-15-9-5-4-8-14(15)10-11-18(17)21-19/h1-11,16H,12H2. The lowest BCUT2D eigenvalue weighted by Crippen LogP contribution is -2.26. The molecule has 0 saturated heterocycles. The van der Waals surface area contributed by atoms with Crippen molar-refractivity contribution in [2.24, 2.45) is 0 Å². The summed E-state index contributed by atoms with van der Waals surface area (Å²) in [4.78, 5) is 12.3. The molecule has 1 unspecified atom stereocenters. The van der Waals surface area contributed by atoms with E-state index in [1.165, 1.54) is 10.8 Å². The summed E-state index contributed by atoms with van der Waals surface area (Å²) in [7, 11) is 0. The smallest absolute Gasteiger partial charge is 0.319 e. The molecule has 21 heavy (non-hydrogen) atoms. The van der Waals surface area contributed by atoms with Crippen LogP contribution in [0.5, 0.6) is 5.75 Å². The maximum Gasteiger partial charge on any atom is 0.319 e. The third kappa shape index (κ3) is 2.00. The van der Waals surface area contributed by atoms with E-state index >= 15 is 0 Å². The molecule has 1 aliphatic rings. The molecule has 0 N–H and O–H groups in total. The van der Waals surface area contributed by atoms with Gasteiger partial charge in [0.1, 0.15) is 5.75 Å². The maximum atomic E-state index is 12.3. The van der Waals surface area contributed by atoms with Gasteiger partial charge in [0.25, 0.3) is 0 Å². The molecule has 0 radical (unpaired) electrons. The highest BCUT2D eigenvalue weighted by atomic mass is 16.5. The molecule has 0 spiro atoms. The topological polar surface area (TPSA) is 26.3 Å². The lowest BCUT2D eigenvalue weighted by atomic mass is 9.87. The lowest BCUT2D eigenvalue weighted by molar-refractivity contribution is -0.137. The second-order valence-corrected chi connectivity index (χ2v) is 5.35. The summed E-state index contributed by atoms with van der Waals surface area (Å²) in [5.41, 5.74) is 2.14. The van der Waals surface area contributed by atoms with E-state index in [1.54, 1.807) is 0 Å². The fourth-order valence-corrected chi connectivity index (χ4v) is 3.03. The van der Waals surface area contributed by atoms with Crippen molar-refractivity contribution in [2.75, 3.05) is 0 Å². The zero-order chi connectivity index (χ0) is 14.2. The van der Waals surface area contributed by atoms with E-state index < -0.39 is 0 Å². The zero-order valence-electron chi connectivity index (χ0n) is 11.5. The number of hydrogen-bond acceptors (Lipinski definition) is 2. The SMILES string of the molecule is O=C1Oc2ccc3ccccc3c2CC1c1ccccc1. The van der Waals surface area contributed by atoms with Crippen LogP contribution in [0.25, 0.3) is 10.8 Å². The van der Waals surface area contributed by atoms with Crippen LogP contribution in [0.3, 0.4) is 0 Å². The van der Waals surface area contributed by atoms with Crippen LogP contribution in [0.1, 0.15) is 17.0 Å². The Morgan fingerprint density at radius 3 is 2.48 bits per heavy atom. The first kappa shape index (κ1) is 12.2. The van der Waals surface area contributed by atoms with Crippen molar-refractivity contribution in [3.8, 4) is 5.75 Å². The van der Waals surface area contributed by atoms with Crippen LogP contribution >= 0.6 is 0 Å². The lowest BCUT2D eigenvalue weighted by Gasteiger charge is -2.24. The molecule has 0 aromatic heterocycles. The van der Waals surface area contributed by atoms with E-state index in [4.69, 9.17) is 4.74 Å². The third-order valence-corrected chi connectivity index (χ3v) is 4.10. The quantitative estimate of drug-likeness (QED) is 0.493. The van der Waals surface area contributed by atoms with Gasteiger partial charge in [-0.1, -0.05) is 60.7 Å². The van der Waals surface area contributed by atoms with Gasteiger partial charge in [-0.3, -0.25) is 4.79 Å². The average molecular weight is 274 g/mol. The number of fused-ring (bicyclic) bond motifs is 3. The van der Waals surface area contributed by atoms with E-state index in [0.717, 1.165) is 11.1 Å². The number of esters is 1. The summed E-state index contributed by atoms with van der Waals surface area (Å²) in [5.74, 6) is 0.319. The number of hydrogen-bond donors (Lipinski definition) is 0. The summed E-state index contributed by atoms with van der Waals surface area (Å²) < 4.78 is 5.57. The molecule has 0 amide bonds. The van der Waals surface area contributed by atoms with Gasteiger partial charge in [0.2, 0.25) is 0 Å². The van der Waals surface area contributed by atoms with Crippen LogP contribution in [0, 0.1) is 0 Å². The molecule has 1 heterocycles. The fourth-order valence-electron chi connectivity index (χ4n) is 3.03. The predicted molar refractivity (Wildman–Crippen MR) is 82.5 cm³/mol. The van der Waals surface area contributed by atoms with Gasteiger partial charge < -0.3 is 4.74 Å². The Bertz CT molecular complexity index is 821. The highest BCUT2D eigenvalue weighted by Gasteiger charge is 2.30. The molecule has 3 aromatic rings. The number of ether oxygens (including phenoxy) is 1. The van der Waals surface area contributed by atoms with Gasteiger partial charge in [0, 0.05) is 5.56 Å². The van der Waals surface area contributed by atoms with E-state index in [2.05, 4.69) is 12.1 Å². The summed E-state index contributed by atoms with van der Waals surface area (Å²) in [6, 6.07) is 22.0. The predicted octanol–water partition coefficient (Wildman–Crippen LogP) is 4.09. The molecule has 2 nitrogen and oxygen atoms in total. The van der Waals surface area contributed by atoms with E-state index in [-0.39, 0.29) is 11.9 Å². The second kappa shape index (κ2) is 4.74. The first-order valence-corrected chi connectivity index (χ1v) is 7.10. The molecule has 0 saturated carbocycles. The van der Waals surface area contributed by atoms with Crippen molar-refractivity contribution in [3.05, 3.63) is 77.9 Å². The number of rotatable bonds is 1. The summed E-state index contributed by atoms with van der Waals surface area (Å²) in [6.07, 6.45) is 0.694. The van der Waals surface area contributed by atoms with Crippen LogP contribution in [0.15, 0.2) is 66.7 Å². The van der Waals surface area contributed by atoms with Crippen LogP contribution in [-0.2, 0) is 11.2 Å². The highest BCUT2D eigenvalue weighted by Crippen LogP contribution is 2.37. The van der Waals surface area contributed by atoms with E-state index in [0.29, 0.717) is 12.2 Å². The van der Waals surface area contributed by atoms with Crippen LogP contribution in [0.2, 0.25) is 0 Å². The minimum Gasteiger partial charge on any atom is -0.426 e. The summed E-state index contributed by atoms with van der Waals surface area (Å²) in [5, 5.41) is 2.35. The van der Waals surface area contributed by atoms with E-state index in [9.17, 15) is 4.79 Å². The zero-order valence-corrected chi connectivity index (χ0v) is 11.5. The van der Waals surface area contributed by atoms with Crippen molar-refractivity contribution in [2.45, 2.75) is 12.3 Å². The van der Waals surface area contributed by atoms with Gasteiger partial charge in [-0.2, -0.15) is 0 Å². The Morgan fingerprint density at radius 2 is 1.62 bits per heavy atom. The van der Waals surface area contributed by atoms with Gasteiger partial charge in [-0.05, 0) is 28.8 Å². The number of carbonyl (C=O) groups excluding carboxylic acids is 1. The van der Waals surface area contributed by atoms with Gasteiger partial charge in [0.15, 0.2) is 0 Å². The van der Waals surface area contributed by atoms with Crippen molar-refractivity contribution < 1.29 is 9.53 Å². The molecular weight excluding hydrogens is 260 g/mol. The molecule has 1 aliphatic heterocycles. The fraction of sp³-hybridized carbons (Fsp3) is 0.105. The number of carbonyl (C=O) groups is 1. The Morgan fingerprint density at radius 1 is 0.857 bits per heavy atom. The van der Waals surface area contributed by atoms with Gasteiger partial charge in [0.05, 0.1) is 5.92 Å². The molecule has 3 aromatic carbocycles. The molecule has 0 fully saturated rings. The Kier molecular flexibility index (Phi) is 2.74. The highest BCUT2D eigenvalue weighted by molar-refractivity contribution is 5.92. The minimum atomic E-state index is -0.218. The molecule has 1 atom stereocenters. The van der Waals surface area contributed by atoms with Gasteiger partial charge >= 0.3 is 5.97 Å². The van der Waals surface area contributed by atoms with E-state index in [1.807, 2.05) is 54.6 Å². The number of benzene rings is 3. The largest absolute Gasteiger partial charge is 0.426 e. The average Bonchev–Trinajstić information content (AvgIpc) is 2.55. The Hall–Kier alpha value is -2.61. The molecule has 0 bridgehead atoms. The molecule has 102 valence electrons.